The Morgan fingerprint density at radius 1 is 1.15 bits per heavy atom. The molecule has 0 saturated carbocycles. The molecule has 0 spiro atoms. The summed E-state index contributed by atoms with van der Waals surface area (Å²) in [6, 6.07) is 5.85. The van der Waals surface area contributed by atoms with Gasteiger partial charge in [0.15, 0.2) is 0 Å². The first-order valence-electron chi connectivity index (χ1n) is 5.90. The van der Waals surface area contributed by atoms with Crippen molar-refractivity contribution in [2.24, 2.45) is 5.92 Å². The zero-order valence-corrected chi connectivity index (χ0v) is 10.5. The summed E-state index contributed by atoms with van der Waals surface area (Å²) in [7, 11) is 0. The van der Waals surface area contributed by atoms with Crippen LogP contribution in [-0.2, 0) is 16.0 Å². The molecule has 1 amide bonds. The third kappa shape index (κ3) is 4.69. The highest BCUT2D eigenvalue weighted by atomic mass is 16.5. The summed E-state index contributed by atoms with van der Waals surface area (Å²) in [5, 5.41) is 27.9. The van der Waals surface area contributed by atoms with Gasteiger partial charge in [-0.3, -0.25) is 9.59 Å². The molecular weight excluding hydrogens is 266 g/mol. The molecular formula is C13H14NO6-. The van der Waals surface area contributed by atoms with Crippen LogP contribution in [0.1, 0.15) is 28.8 Å². The van der Waals surface area contributed by atoms with Crippen LogP contribution in [0.2, 0.25) is 0 Å². The fourth-order valence-corrected chi connectivity index (χ4v) is 1.74. The lowest BCUT2D eigenvalue weighted by Gasteiger charge is -2.13. The lowest BCUT2D eigenvalue weighted by molar-refractivity contribution is -0.142. The van der Waals surface area contributed by atoms with Crippen molar-refractivity contribution in [1.29, 1.82) is 0 Å². The highest BCUT2D eigenvalue weighted by Gasteiger charge is 2.19. The quantitative estimate of drug-likeness (QED) is 0.640. The Hall–Kier alpha value is -2.41. The number of carboxylic acids is 2. The molecule has 7 nitrogen and oxygen atoms in total. The van der Waals surface area contributed by atoms with E-state index >= 15 is 0 Å². The van der Waals surface area contributed by atoms with Gasteiger partial charge in [0.2, 0.25) is 5.91 Å². The van der Waals surface area contributed by atoms with Crippen LogP contribution in [0, 0.1) is 11.1 Å². The molecule has 1 aromatic carbocycles. The van der Waals surface area contributed by atoms with Crippen molar-refractivity contribution < 1.29 is 24.6 Å². The zero-order valence-electron chi connectivity index (χ0n) is 10.5. The summed E-state index contributed by atoms with van der Waals surface area (Å²) < 4.78 is 0. The Bertz CT molecular complexity index is 496. The summed E-state index contributed by atoms with van der Waals surface area (Å²) in [6.07, 6.45) is 0.0547. The third-order valence-electron chi connectivity index (χ3n) is 2.87. The fraction of sp³-hybridized carbons (Fsp3) is 0.308. The van der Waals surface area contributed by atoms with Crippen LogP contribution < -0.4 is 5.48 Å². The molecule has 0 aliphatic rings. The Morgan fingerprint density at radius 3 is 2.20 bits per heavy atom. The van der Waals surface area contributed by atoms with Gasteiger partial charge in [0.05, 0.1) is 11.5 Å². The van der Waals surface area contributed by atoms with Gasteiger partial charge in [-0.25, -0.2) is 4.79 Å². The first kappa shape index (κ1) is 15.6. The standard InChI is InChI=1S/C13H14NO6/c15-11(14-20)6-5-10(13(18)19)7-8-1-3-9(4-2-8)12(16)17/h1-4,10H,5-7H2,(H3-,14,15,16,17,18,19,20)/q-1. The minimum Gasteiger partial charge on any atom is -0.759 e. The van der Waals surface area contributed by atoms with Crippen LogP contribution in [0.5, 0.6) is 0 Å². The minimum absolute atomic E-state index is 0.0457. The molecule has 7 heteroatoms. The van der Waals surface area contributed by atoms with E-state index in [0.717, 1.165) is 0 Å². The molecule has 0 saturated heterocycles. The maximum atomic E-state index is 11.1. The number of hydrogen-bond acceptors (Lipinski definition) is 4. The predicted molar refractivity (Wildman–Crippen MR) is 69.0 cm³/mol. The summed E-state index contributed by atoms with van der Waals surface area (Å²) >= 11 is 0. The number of amides is 1. The first-order valence-corrected chi connectivity index (χ1v) is 5.90. The molecule has 0 aromatic heterocycles. The number of aliphatic carboxylic acids is 1. The number of hydroxylamine groups is 1. The highest BCUT2D eigenvalue weighted by Crippen LogP contribution is 2.15. The molecule has 1 aromatic rings. The summed E-state index contributed by atoms with van der Waals surface area (Å²) in [5.41, 5.74) is 1.97. The van der Waals surface area contributed by atoms with Crippen LogP contribution in [0.15, 0.2) is 24.3 Å². The monoisotopic (exact) mass is 280 g/mol. The number of carboxylic acid groups (broad SMARTS) is 2. The van der Waals surface area contributed by atoms with Crippen LogP contribution in [0.4, 0.5) is 0 Å². The summed E-state index contributed by atoms with van der Waals surface area (Å²) in [5.74, 6) is -3.68. The number of aromatic carboxylic acids is 1. The molecule has 0 fully saturated rings. The second-order valence-corrected chi connectivity index (χ2v) is 4.31. The normalized spacial score (nSPS) is 11.7. The van der Waals surface area contributed by atoms with Crippen molar-refractivity contribution in [3.63, 3.8) is 0 Å². The van der Waals surface area contributed by atoms with E-state index < -0.39 is 23.8 Å². The molecule has 0 aliphatic heterocycles. The van der Waals surface area contributed by atoms with Crippen LogP contribution in [-0.4, -0.2) is 28.1 Å². The molecule has 108 valence electrons. The third-order valence-corrected chi connectivity index (χ3v) is 2.87. The molecule has 3 N–H and O–H groups in total. The van der Waals surface area contributed by atoms with Gasteiger partial charge in [0.25, 0.3) is 0 Å². The topological polar surface area (TPSA) is 127 Å². The molecule has 1 rings (SSSR count). The maximum Gasteiger partial charge on any atom is 0.335 e. The second kappa shape index (κ2) is 7.25. The van der Waals surface area contributed by atoms with Crippen molar-refractivity contribution in [3.8, 4) is 0 Å². The average molecular weight is 280 g/mol. The van der Waals surface area contributed by atoms with Crippen LogP contribution in [0.3, 0.4) is 0 Å². The van der Waals surface area contributed by atoms with E-state index in [-0.39, 0.29) is 24.8 Å². The number of carbonyl (C=O) groups excluding carboxylic acids is 1. The van der Waals surface area contributed by atoms with Crippen LogP contribution >= 0.6 is 0 Å². The van der Waals surface area contributed by atoms with E-state index in [1.807, 2.05) is 0 Å². The summed E-state index contributed by atoms with van der Waals surface area (Å²) in [4.78, 5) is 32.6. The molecule has 1 atom stereocenters. The van der Waals surface area contributed by atoms with E-state index in [0.29, 0.717) is 5.56 Å². The number of carbonyl (C=O) groups is 3. The Morgan fingerprint density at radius 2 is 1.75 bits per heavy atom. The Kier molecular flexibility index (Phi) is 5.67. The molecule has 0 radical (unpaired) electrons. The molecule has 1 unspecified atom stereocenters. The molecule has 0 heterocycles. The Labute approximate surface area is 114 Å². The van der Waals surface area contributed by atoms with Gasteiger partial charge in [-0.05, 0) is 30.5 Å². The smallest absolute Gasteiger partial charge is 0.335 e. The molecule has 20 heavy (non-hydrogen) atoms. The van der Waals surface area contributed by atoms with Gasteiger partial charge < -0.3 is 20.9 Å². The highest BCUT2D eigenvalue weighted by molar-refractivity contribution is 5.87. The number of benzene rings is 1. The SMILES string of the molecule is O=C(CCC(Cc1ccc(C(=O)O)cc1)C(=O)O)N[O-]. The lowest BCUT2D eigenvalue weighted by Crippen LogP contribution is -2.21. The van der Waals surface area contributed by atoms with Gasteiger partial charge >= 0.3 is 11.9 Å². The number of hydrogen-bond donors (Lipinski definition) is 3. The van der Waals surface area contributed by atoms with Gasteiger partial charge in [-0.2, -0.15) is 0 Å². The van der Waals surface area contributed by atoms with Gasteiger partial charge in [0.1, 0.15) is 0 Å². The van der Waals surface area contributed by atoms with Crippen molar-refractivity contribution in [2.75, 3.05) is 0 Å². The van der Waals surface area contributed by atoms with Gasteiger partial charge in [-0.15, -0.1) is 0 Å². The van der Waals surface area contributed by atoms with Crippen molar-refractivity contribution in [3.05, 3.63) is 40.6 Å². The van der Waals surface area contributed by atoms with Gasteiger partial charge in [0, 0.05) is 6.42 Å². The van der Waals surface area contributed by atoms with Crippen molar-refractivity contribution in [2.45, 2.75) is 19.3 Å². The molecule has 0 bridgehead atoms. The van der Waals surface area contributed by atoms with E-state index in [9.17, 15) is 19.6 Å². The predicted octanol–water partition coefficient (Wildman–Crippen LogP) is 1.02. The number of rotatable bonds is 7. The Balaban J connectivity index is 2.67. The first-order chi connectivity index (χ1) is 9.43. The van der Waals surface area contributed by atoms with E-state index in [1.54, 1.807) is 0 Å². The van der Waals surface area contributed by atoms with Crippen LogP contribution in [0.25, 0.3) is 0 Å². The fourth-order valence-electron chi connectivity index (χ4n) is 1.74. The number of nitrogens with one attached hydrogen (secondary N) is 1. The maximum absolute atomic E-state index is 11.1. The minimum atomic E-state index is -1.06. The average Bonchev–Trinajstić information content (AvgIpc) is 2.43. The largest absolute Gasteiger partial charge is 0.759 e. The van der Waals surface area contributed by atoms with E-state index in [2.05, 4.69) is 0 Å². The lowest BCUT2D eigenvalue weighted by atomic mass is 9.94. The van der Waals surface area contributed by atoms with Crippen molar-refractivity contribution >= 4 is 17.8 Å². The van der Waals surface area contributed by atoms with E-state index in [1.165, 1.54) is 29.7 Å². The van der Waals surface area contributed by atoms with Crippen molar-refractivity contribution in [1.82, 2.24) is 5.48 Å². The zero-order chi connectivity index (χ0) is 15.1. The summed E-state index contributed by atoms with van der Waals surface area (Å²) in [6.45, 7) is 0. The second-order valence-electron chi connectivity index (χ2n) is 4.31. The molecule has 0 aliphatic carbocycles. The van der Waals surface area contributed by atoms with Gasteiger partial charge in [-0.1, -0.05) is 12.1 Å². The van der Waals surface area contributed by atoms with E-state index in [4.69, 9.17) is 10.2 Å².